The minimum Gasteiger partial charge on any atom is -0.497 e. The number of methoxy groups -OCH3 is 1. The van der Waals surface area contributed by atoms with Gasteiger partial charge in [0, 0.05) is 15.8 Å². The van der Waals surface area contributed by atoms with Gasteiger partial charge >= 0.3 is 6.18 Å². The van der Waals surface area contributed by atoms with Gasteiger partial charge in [0.05, 0.1) is 22.9 Å². The van der Waals surface area contributed by atoms with Crippen molar-refractivity contribution in [3.63, 3.8) is 0 Å². The number of thiophene rings is 1. The van der Waals surface area contributed by atoms with Crippen molar-refractivity contribution in [2.75, 3.05) is 12.4 Å². The van der Waals surface area contributed by atoms with Gasteiger partial charge in [-0.05, 0) is 36.4 Å². The number of benzene rings is 2. The number of nitrogens with zero attached hydrogens (tertiary/aromatic N) is 2. The minimum absolute atomic E-state index is 0.315. The quantitative estimate of drug-likeness (QED) is 0.505. The van der Waals surface area contributed by atoms with Gasteiger partial charge < -0.3 is 10.1 Å². The summed E-state index contributed by atoms with van der Waals surface area (Å²) in [7, 11) is 1.59. The molecule has 0 amide bonds. The smallest absolute Gasteiger partial charge is 0.416 e. The molecular weight excluding hydrogens is 363 g/mol. The molecule has 0 saturated heterocycles. The van der Waals surface area contributed by atoms with Gasteiger partial charge in [-0.25, -0.2) is 9.97 Å². The second kappa shape index (κ2) is 6.14. The van der Waals surface area contributed by atoms with Crippen LogP contribution in [0.3, 0.4) is 0 Å². The van der Waals surface area contributed by atoms with E-state index in [1.54, 1.807) is 13.2 Å². The van der Waals surface area contributed by atoms with Crippen molar-refractivity contribution in [2.45, 2.75) is 6.18 Å². The van der Waals surface area contributed by atoms with Crippen LogP contribution < -0.4 is 10.1 Å². The topological polar surface area (TPSA) is 47.0 Å². The van der Waals surface area contributed by atoms with Crippen molar-refractivity contribution in [3.8, 4) is 5.75 Å². The number of anilines is 2. The number of nitrogens with one attached hydrogen (secondary N) is 1. The number of fused-ring (bicyclic) bond motifs is 3. The lowest BCUT2D eigenvalue weighted by Crippen LogP contribution is -2.05. The summed E-state index contributed by atoms with van der Waals surface area (Å²) in [5.74, 6) is 1.19. The maximum absolute atomic E-state index is 12.9. The van der Waals surface area contributed by atoms with Crippen molar-refractivity contribution >= 4 is 43.1 Å². The molecule has 0 spiro atoms. The molecule has 0 atom stereocenters. The Labute approximate surface area is 150 Å². The Hall–Kier alpha value is -2.87. The van der Waals surface area contributed by atoms with Crippen LogP contribution in [0.4, 0.5) is 24.7 Å². The average Bonchev–Trinajstić information content (AvgIpc) is 3.00. The molecule has 0 saturated carbocycles. The van der Waals surface area contributed by atoms with Crippen LogP contribution in [-0.2, 0) is 6.18 Å². The van der Waals surface area contributed by atoms with E-state index in [1.807, 2.05) is 18.2 Å². The van der Waals surface area contributed by atoms with E-state index >= 15 is 0 Å². The molecule has 4 rings (SSSR count). The highest BCUT2D eigenvalue weighted by molar-refractivity contribution is 7.26. The van der Waals surface area contributed by atoms with Crippen LogP contribution in [0.25, 0.3) is 20.3 Å². The van der Waals surface area contributed by atoms with Gasteiger partial charge in [0.25, 0.3) is 0 Å². The zero-order valence-electron chi connectivity index (χ0n) is 13.5. The lowest BCUT2D eigenvalue weighted by molar-refractivity contribution is -0.137. The van der Waals surface area contributed by atoms with Crippen molar-refractivity contribution in [1.82, 2.24) is 9.97 Å². The van der Waals surface area contributed by atoms with Crippen molar-refractivity contribution < 1.29 is 17.9 Å². The van der Waals surface area contributed by atoms with E-state index in [1.165, 1.54) is 23.7 Å². The molecule has 2 aromatic heterocycles. The molecule has 4 nitrogen and oxygen atoms in total. The van der Waals surface area contributed by atoms with E-state index in [9.17, 15) is 13.2 Å². The van der Waals surface area contributed by atoms with Crippen molar-refractivity contribution in [3.05, 3.63) is 54.4 Å². The molecular formula is C18H12F3N3OS. The molecule has 0 aliphatic rings. The summed E-state index contributed by atoms with van der Waals surface area (Å²) in [5.41, 5.74) is 0.348. The van der Waals surface area contributed by atoms with Gasteiger partial charge in [-0.3, -0.25) is 0 Å². The van der Waals surface area contributed by atoms with Crippen LogP contribution in [0, 0.1) is 0 Å². The summed E-state index contributed by atoms with van der Waals surface area (Å²) < 4.78 is 45.7. The SMILES string of the molecule is COc1ccc2c(c1)sc1c(Nc3cccc(C(F)(F)F)c3)ncnc12. The van der Waals surface area contributed by atoms with Gasteiger partial charge in [0.1, 0.15) is 12.1 Å². The number of aromatic nitrogens is 2. The van der Waals surface area contributed by atoms with Crippen LogP contribution >= 0.6 is 11.3 Å². The molecule has 26 heavy (non-hydrogen) atoms. The maximum Gasteiger partial charge on any atom is 0.416 e. The molecule has 0 aliphatic carbocycles. The second-order valence-electron chi connectivity index (χ2n) is 5.57. The molecule has 2 heterocycles. The first-order valence-corrected chi connectivity index (χ1v) is 8.43. The molecule has 8 heteroatoms. The van der Waals surface area contributed by atoms with E-state index in [0.29, 0.717) is 11.5 Å². The summed E-state index contributed by atoms with van der Waals surface area (Å²) in [4.78, 5) is 8.53. The zero-order valence-corrected chi connectivity index (χ0v) is 14.3. The standard InChI is InChI=1S/C18H12F3N3OS/c1-25-12-5-6-13-14(8-12)26-16-15(13)22-9-23-17(16)24-11-4-2-3-10(7-11)18(19,20)21/h2-9H,1H3,(H,22,23,24). The lowest BCUT2D eigenvalue weighted by Gasteiger charge is -2.10. The largest absolute Gasteiger partial charge is 0.497 e. The summed E-state index contributed by atoms with van der Waals surface area (Å²) in [6, 6.07) is 10.7. The maximum atomic E-state index is 12.9. The normalized spacial score (nSPS) is 11.8. The molecule has 0 radical (unpaired) electrons. The fourth-order valence-electron chi connectivity index (χ4n) is 2.68. The zero-order chi connectivity index (χ0) is 18.3. The highest BCUT2D eigenvalue weighted by atomic mass is 32.1. The Balaban J connectivity index is 1.80. The third kappa shape index (κ3) is 2.92. The molecule has 1 N–H and O–H groups in total. The highest BCUT2D eigenvalue weighted by Crippen LogP contribution is 2.38. The summed E-state index contributed by atoms with van der Waals surface area (Å²) in [6.45, 7) is 0. The average molecular weight is 375 g/mol. The monoisotopic (exact) mass is 375 g/mol. The first kappa shape index (κ1) is 16.6. The number of ether oxygens (including phenoxy) is 1. The summed E-state index contributed by atoms with van der Waals surface area (Å²) in [6.07, 6.45) is -3.00. The van der Waals surface area contributed by atoms with E-state index in [0.717, 1.165) is 38.2 Å². The van der Waals surface area contributed by atoms with Gasteiger partial charge in [0.15, 0.2) is 5.82 Å². The van der Waals surface area contributed by atoms with Gasteiger partial charge in [-0.15, -0.1) is 11.3 Å². The third-order valence-electron chi connectivity index (χ3n) is 3.91. The lowest BCUT2D eigenvalue weighted by atomic mass is 10.2. The second-order valence-corrected chi connectivity index (χ2v) is 6.62. The molecule has 2 aromatic carbocycles. The number of hydrogen-bond acceptors (Lipinski definition) is 5. The number of rotatable bonds is 3. The Morgan fingerprint density at radius 2 is 1.92 bits per heavy atom. The first-order valence-electron chi connectivity index (χ1n) is 7.61. The number of hydrogen-bond donors (Lipinski definition) is 1. The first-order chi connectivity index (χ1) is 12.5. The van der Waals surface area contributed by atoms with Crippen LogP contribution in [-0.4, -0.2) is 17.1 Å². The molecule has 0 fully saturated rings. The van der Waals surface area contributed by atoms with E-state index in [2.05, 4.69) is 15.3 Å². The molecule has 0 unspecified atom stereocenters. The van der Waals surface area contributed by atoms with Crippen molar-refractivity contribution in [2.24, 2.45) is 0 Å². The number of alkyl halides is 3. The van der Waals surface area contributed by atoms with Crippen LogP contribution in [0.5, 0.6) is 5.75 Å². The fourth-order valence-corrected chi connectivity index (χ4v) is 3.81. The van der Waals surface area contributed by atoms with Gasteiger partial charge in [-0.1, -0.05) is 6.07 Å². The summed E-state index contributed by atoms with van der Waals surface area (Å²) >= 11 is 1.46. The third-order valence-corrected chi connectivity index (χ3v) is 5.06. The Morgan fingerprint density at radius 1 is 1.08 bits per heavy atom. The predicted octanol–water partition coefficient (Wildman–Crippen LogP) is 5.62. The molecule has 4 aromatic rings. The van der Waals surface area contributed by atoms with Crippen LogP contribution in [0.15, 0.2) is 48.8 Å². The number of halogens is 3. The van der Waals surface area contributed by atoms with Gasteiger partial charge in [0.2, 0.25) is 0 Å². The summed E-state index contributed by atoms with van der Waals surface area (Å²) in [5, 5.41) is 3.92. The Morgan fingerprint density at radius 3 is 2.69 bits per heavy atom. The van der Waals surface area contributed by atoms with E-state index < -0.39 is 11.7 Å². The van der Waals surface area contributed by atoms with Gasteiger partial charge in [-0.2, -0.15) is 13.2 Å². The van der Waals surface area contributed by atoms with Crippen molar-refractivity contribution in [1.29, 1.82) is 0 Å². The van der Waals surface area contributed by atoms with Crippen LogP contribution in [0.2, 0.25) is 0 Å². The Bertz CT molecular complexity index is 1110. The molecule has 0 aliphatic heterocycles. The fraction of sp³-hybridized carbons (Fsp3) is 0.111. The minimum atomic E-state index is -4.40. The van der Waals surface area contributed by atoms with E-state index in [-0.39, 0.29) is 0 Å². The highest BCUT2D eigenvalue weighted by Gasteiger charge is 2.30. The predicted molar refractivity (Wildman–Crippen MR) is 96.2 cm³/mol. The molecule has 132 valence electrons. The van der Waals surface area contributed by atoms with Crippen LogP contribution in [0.1, 0.15) is 5.56 Å². The molecule has 0 bridgehead atoms. The van der Waals surface area contributed by atoms with E-state index in [4.69, 9.17) is 4.74 Å². The Kier molecular flexibility index (Phi) is 3.91.